The highest BCUT2D eigenvalue weighted by Crippen LogP contribution is 2.61. The van der Waals surface area contributed by atoms with E-state index in [1.54, 1.807) is 30.4 Å². The van der Waals surface area contributed by atoms with E-state index in [0.717, 1.165) is 30.8 Å². The van der Waals surface area contributed by atoms with E-state index >= 15 is 0 Å². The van der Waals surface area contributed by atoms with Gasteiger partial charge in [0.05, 0.1) is 0 Å². The van der Waals surface area contributed by atoms with E-state index < -0.39 is 0 Å². The molecule has 4 fully saturated rings. The Bertz CT molecular complexity index is 426. The molecule has 4 bridgehead atoms. The van der Waals surface area contributed by atoms with Crippen molar-refractivity contribution >= 4 is 11.3 Å². The molecule has 1 aromatic rings. The van der Waals surface area contributed by atoms with Crippen LogP contribution >= 0.6 is 11.3 Å². The van der Waals surface area contributed by atoms with E-state index in [0.29, 0.717) is 5.41 Å². The van der Waals surface area contributed by atoms with Gasteiger partial charge in [0.15, 0.2) is 0 Å². The van der Waals surface area contributed by atoms with Gasteiger partial charge in [-0.25, -0.2) is 0 Å². The zero-order chi connectivity index (χ0) is 12.9. The van der Waals surface area contributed by atoms with E-state index in [2.05, 4.69) is 23.0 Å². The Morgan fingerprint density at radius 1 is 1.11 bits per heavy atom. The van der Waals surface area contributed by atoms with Gasteiger partial charge in [-0.1, -0.05) is 6.92 Å². The molecule has 1 N–H and O–H groups in total. The second-order valence-corrected chi connectivity index (χ2v) is 8.03. The number of rotatable bonds is 4. The number of hydrogen-bond acceptors (Lipinski definition) is 2. The van der Waals surface area contributed by atoms with Crippen LogP contribution in [-0.2, 0) is 12.0 Å². The molecule has 0 spiro atoms. The fraction of sp³-hybridized carbons (Fsp3) is 0.765. The lowest BCUT2D eigenvalue weighted by Gasteiger charge is -2.57. The molecule has 1 aromatic heterocycles. The Kier molecular flexibility index (Phi) is 3.00. The van der Waals surface area contributed by atoms with E-state index in [9.17, 15) is 0 Å². The Morgan fingerprint density at radius 2 is 1.74 bits per heavy atom. The van der Waals surface area contributed by atoms with E-state index in [1.165, 1.54) is 19.3 Å². The van der Waals surface area contributed by atoms with Crippen molar-refractivity contribution in [2.75, 3.05) is 6.54 Å². The molecule has 1 nitrogen and oxygen atoms in total. The molecule has 4 saturated carbocycles. The van der Waals surface area contributed by atoms with Gasteiger partial charge in [0.2, 0.25) is 0 Å². The summed E-state index contributed by atoms with van der Waals surface area (Å²) in [7, 11) is 0. The van der Waals surface area contributed by atoms with Crippen molar-refractivity contribution in [1.29, 1.82) is 0 Å². The Balaban J connectivity index is 1.66. The SMILES string of the molecule is CCNCc1cscc1C12CC3CC(CC(C3)C1)C2. The first-order chi connectivity index (χ1) is 9.29. The molecule has 1 heterocycles. The maximum atomic E-state index is 3.53. The first-order valence-corrected chi connectivity index (χ1v) is 8.99. The van der Waals surface area contributed by atoms with Crippen LogP contribution in [-0.4, -0.2) is 6.54 Å². The van der Waals surface area contributed by atoms with E-state index in [1.807, 2.05) is 11.3 Å². The van der Waals surface area contributed by atoms with Crippen molar-refractivity contribution in [2.24, 2.45) is 17.8 Å². The maximum absolute atomic E-state index is 3.53. The van der Waals surface area contributed by atoms with Gasteiger partial charge in [0, 0.05) is 6.54 Å². The van der Waals surface area contributed by atoms with Crippen LogP contribution in [0.5, 0.6) is 0 Å². The highest BCUT2D eigenvalue weighted by atomic mass is 32.1. The molecule has 0 saturated heterocycles. The largest absolute Gasteiger partial charge is 0.313 e. The lowest BCUT2D eigenvalue weighted by Crippen LogP contribution is -2.48. The molecule has 4 aliphatic rings. The third-order valence-electron chi connectivity index (χ3n) is 5.92. The van der Waals surface area contributed by atoms with Crippen LogP contribution < -0.4 is 5.32 Å². The summed E-state index contributed by atoms with van der Waals surface area (Å²) >= 11 is 1.93. The van der Waals surface area contributed by atoms with Gasteiger partial charge in [-0.2, -0.15) is 11.3 Å². The van der Waals surface area contributed by atoms with Crippen LogP contribution in [0.1, 0.15) is 56.6 Å². The second kappa shape index (κ2) is 4.60. The van der Waals surface area contributed by atoms with Gasteiger partial charge in [-0.3, -0.25) is 0 Å². The third kappa shape index (κ3) is 1.99. The quantitative estimate of drug-likeness (QED) is 0.862. The van der Waals surface area contributed by atoms with Crippen molar-refractivity contribution in [3.8, 4) is 0 Å². The summed E-state index contributed by atoms with van der Waals surface area (Å²) in [6, 6.07) is 0. The maximum Gasteiger partial charge on any atom is 0.0216 e. The van der Waals surface area contributed by atoms with Crippen molar-refractivity contribution in [3.63, 3.8) is 0 Å². The van der Waals surface area contributed by atoms with Gasteiger partial charge in [-0.05, 0) is 90.1 Å². The Labute approximate surface area is 120 Å². The summed E-state index contributed by atoms with van der Waals surface area (Å²) in [6.07, 6.45) is 9.13. The zero-order valence-electron chi connectivity index (χ0n) is 12.0. The van der Waals surface area contributed by atoms with Crippen molar-refractivity contribution in [3.05, 3.63) is 21.9 Å². The van der Waals surface area contributed by atoms with E-state index in [-0.39, 0.29) is 0 Å². The predicted octanol–water partition coefficient (Wildman–Crippen LogP) is 4.33. The molecule has 0 aliphatic heterocycles. The van der Waals surface area contributed by atoms with Crippen molar-refractivity contribution in [1.82, 2.24) is 5.32 Å². The smallest absolute Gasteiger partial charge is 0.0216 e. The number of thiophene rings is 1. The molecule has 4 aliphatic carbocycles. The van der Waals surface area contributed by atoms with Gasteiger partial charge < -0.3 is 5.32 Å². The van der Waals surface area contributed by atoms with Gasteiger partial charge >= 0.3 is 0 Å². The normalized spacial score (nSPS) is 39.9. The van der Waals surface area contributed by atoms with Crippen LogP contribution in [0.15, 0.2) is 10.8 Å². The molecule has 0 amide bonds. The molecular formula is C17H25NS. The third-order valence-corrected chi connectivity index (χ3v) is 6.71. The topological polar surface area (TPSA) is 12.0 Å². The summed E-state index contributed by atoms with van der Waals surface area (Å²) in [5.74, 6) is 3.16. The molecule has 19 heavy (non-hydrogen) atoms. The molecule has 0 atom stereocenters. The summed E-state index contributed by atoms with van der Waals surface area (Å²) in [4.78, 5) is 0. The summed E-state index contributed by atoms with van der Waals surface area (Å²) < 4.78 is 0. The molecule has 5 rings (SSSR count). The fourth-order valence-corrected chi connectivity index (χ4v) is 6.61. The highest BCUT2D eigenvalue weighted by molar-refractivity contribution is 7.08. The second-order valence-electron chi connectivity index (χ2n) is 7.29. The average molecular weight is 275 g/mol. The van der Waals surface area contributed by atoms with Crippen LogP contribution in [0.2, 0.25) is 0 Å². The monoisotopic (exact) mass is 275 g/mol. The highest BCUT2D eigenvalue weighted by Gasteiger charge is 2.52. The molecule has 2 heteroatoms. The zero-order valence-corrected chi connectivity index (χ0v) is 12.8. The lowest BCUT2D eigenvalue weighted by atomic mass is 9.48. The first kappa shape index (κ1) is 12.4. The van der Waals surface area contributed by atoms with Gasteiger partial charge in [-0.15, -0.1) is 0 Å². The predicted molar refractivity (Wildman–Crippen MR) is 81.5 cm³/mol. The summed E-state index contributed by atoms with van der Waals surface area (Å²) in [5, 5.41) is 8.42. The summed E-state index contributed by atoms with van der Waals surface area (Å²) in [5.41, 5.74) is 3.92. The van der Waals surface area contributed by atoms with Crippen LogP contribution in [0, 0.1) is 17.8 Å². The molecule has 0 radical (unpaired) electrons. The minimum Gasteiger partial charge on any atom is -0.313 e. The number of hydrogen-bond donors (Lipinski definition) is 1. The van der Waals surface area contributed by atoms with Crippen molar-refractivity contribution in [2.45, 2.75) is 57.4 Å². The van der Waals surface area contributed by atoms with Gasteiger partial charge in [0.1, 0.15) is 0 Å². The van der Waals surface area contributed by atoms with Gasteiger partial charge in [0.25, 0.3) is 0 Å². The Hall–Kier alpha value is -0.340. The summed E-state index contributed by atoms with van der Waals surface area (Å²) in [6.45, 7) is 4.37. The average Bonchev–Trinajstić information content (AvgIpc) is 2.83. The standard InChI is InChI=1S/C17H25NS/c1-2-18-9-15-10-19-11-16(15)17-6-12-3-13(7-17)5-14(4-12)8-17/h10-14,18H,2-9H2,1H3. The van der Waals surface area contributed by atoms with Crippen molar-refractivity contribution < 1.29 is 0 Å². The number of nitrogens with one attached hydrogen (secondary N) is 1. The van der Waals surface area contributed by atoms with Crippen LogP contribution in [0.25, 0.3) is 0 Å². The van der Waals surface area contributed by atoms with Crippen LogP contribution in [0.4, 0.5) is 0 Å². The Morgan fingerprint density at radius 3 is 2.32 bits per heavy atom. The fourth-order valence-electron chi connectivity index (χ4n) is 5.63. The molecule has 104 valence electrons. The molecular weight excluding hydrogens is 250 g/mol. The first-order valence-electron chi connectivity index (χ1n) is 8.05. The minimum atomic E-state index is 0.583. The molecule has 0 unspecified atom stereocenters. The van der Waals surface area contributed by atoms with E-state index in [4.69, 9.17) is 0 Å². The lowest BCUT2D eigenvalue weighted by molar-refractivity contribution is -0.00540. The van der Waals surface area contributed by atoms with Crippen LogP contribution in [0.3, 0.4) is 0 Å². The molecule has 0 aromatic carbocycles. The minimum absolute atomic E-state index is 0.583.